The first kappa shape index (κ1) is 19.7. The van der Waals surface area contributed by atoms with E-state index in [9.17, 15) is 10.1 Å². The number of nitrogens with one attached hydrogen (secondary N) is 3. The van der Waals surface area contributed by atoms with Crippen LogP contribution in [0.2, 0.25) is 0 Å². The van der Waals surface area contributed by atoms with Crippen molar-refractivity contribution in [1.82, 2.24) is 16.0 Å². The van der Waals surface area contributed by atoms with Gasteiger partial charge in [0.1, 0.15) is 6.21 Å². The van der Waals surface area contributed by atoms with Gasteiger partial charge in [0.2, 0.25) is 0 Å². The molecule has 146 valence electrons. The Morgan fingerprint density at radius 2 is 2.15 bits per heavy atom. The van der Waals surface area contributed by atoms with E-state index in [2.05, 4.69) is 20.9 Å². The number of nitrogens with zero attached hydrogens (tertiary/aromatic N) is 2. The van der Waals surface area contributed by atoms with E-state index in [1.807, 2.05) is 30.5 Å². The molecule has 1 fully saturated rings. The molecule has 0 saturated carbocycles. The van der Waals surface area contributed by atoms with Gasteiger partial charge in [0, 0.05) is 17.9 Å². The van der Waals surface area contributed by atoms with Gasteiger partial charge in [0.25, 0.3) is 0 Å². The van der Waals surface area contributed by atoms with E-state index in [-0.39, 0.29) is 5.70 Å². The molecule has 5 N–H and O–H groups in total. The fourth-order valence-electron chi connectivity index (χ4n) is 3.39. The minimum atomic E-state index is -1.12. The van der Waals surface area contributed by atoms with Gasteiger partial charge in [-0.2, -0.15) is 0 Å². The Hall–Kier alpha value is -2.10. The van der Waals surface area contributed by atoms with Crippen LogP contribution in [0.25, 0.3) is 0 Å². The highest BCUT2D eigenvalue weighted by molar-refractivity contribution is 7.98. The number of hydrogen-bond donors (Lipinski definition) is 4. The number of aliphatic imine (C=N–C) groups is 1. The molecule has 1 unspecified atom stereocenters. The molecule has 0 radical (unpaired) electrons. The van der Waals surface area contributed by atoms with Crippen LogP contribution in [0.1, 0.15) is 18.4 Å². The molecule has 3 rings (SSSR count). The third-order valence-corrected chi connectivity index (χ3v) is 5.73. The molecule has 27 heavy (non-hydrogen) atoms. The van der Waals surface area contributed by atoms with Crippen molar-refractivity contribution in [3.8, 4) is 0 Å². The van der Waals surface area contributed by atoms with Crippen molar-refractivity contribution >= 4 is 18.0 Å². The Balaban J connectivity index is 1.74. The Bertz CT molecular complexity index is 747. The van der Waals surface area contributed by atoms with Crippen molar-refractivity contribution in [2.75, 3.05) is 25.9 Å². The van der Waals surface area contributed by atoms with Crippen LogP contribution in [0.4, 0.5) is 0 Å². The summed E-state index contributed by atoms with van der Waals surface area (Å²) in [7, 11) is 0. The summed E-state index contributed by atoms with van der Waals surface area (Å²) < 4.78 is 0. The summed E-state index contributed by atoms with van der Waals surface area (Å²) in [6, 6.07) is 7.98. The number of nitro groups is 1. The molecule has 0 bridgehead atoms. The summed E-state index contributed by atoms with van der Waals surface area (Å²) in [6.07, 6.45) is 5.82. The molecule has 0 amide bonds. The zero-order valence-electron chi connectivity index (χ0n) is 15.4. The van der Waals surface area contributed by atoms with Gasteiger partial charge in [0.15, 0.2) is 11.6 Å². The van der Waals surface area contributed by atoms with Crippen LogP contribution in [-0.4, -0.2) is 42.8 Å². The van der Waals surface area contributed by atoms with E-state index in [4.69, 9.17) is 5.73 Å². The van der Waals surface area contributed by atoms with Crippen LogP contribution < -0.4 is 21.7 Å². The van der Waals surface area contributed by atoms with Gasteiger partial charge in [-0.3, -0.25) is 15.8 Å². The molecule has 9 heteroatoms. The molecule has 1 aromatic rings. The molecular formula is C18H26N6O2S. The Morgan fingerprint density at radius 3 is 2.85 bits per heavy atom. The fourth-order valence-corrected chi connectivity index (χ4v) is 4.01. The van der Waals surface area contributed by atoms with Crippen LogP contribution in [0.3, 0.4) is 0 Å². The maximum Gasteiger partial charge on any atom is 0.326 e. The molecule has 0 aromatic heterocycles. The second kappa shape index (κ2) is 8.73. The van der Waals surface area contributed by atoms with Crippen LogP contribution in [0.15, 0.2) is 45.7 Å². The van der Waals surface area contributed by atoms with Gasteiger partial charge in [-0.1, -0.05) is 18.2 Å². The molecule has 1 saturated heterocycles. The number of rotatable bonds is 7. The molecule has 2 aliphatic rings. The lowest BCUT2D eigenvalue weighted by Gasteiger charge is -2.32. The van der Waals surface area contributed by atoms with Gasteiger partial charge in [-0.15, -0.1) is 11.8 Å². The van der Waals surface area contributed by atoms with E-state index >= 15 is 0 Å². The topological polar surface area (TPSA) is 118 Å². The van der Waals surface area contributed by atoms with Crippen molar-refractivity contribution in [3.63, 3.8) is 0 Å². The SMILES string of the molecule is CSc1ccccc1CC1(N)N=CC([N+](=O)[O-])=C(NCC2CCNCC2)N1. The van der Waals surface area contributed by atoms with Gasteiger partial charge in [0.05, 0.1) is 4.92 Å². The standard InChI is InChI=1S/C18H26N6O2S/c1-27-16-5-3-2-4-14(16)10-18(19)22-12-15(24(25)26)17(23-18)21-11-13-6-8-20-9-7-13/h2-5,12-13,20-21,23H,6-11,19H2,1H3. The highest BCUT2D eigenvalue weighted by Crippen LogP contribution is 2.25. The number of benzene rings is 1. The van der Waals surface area contributed by atoms with Crippen LogP contribution >= 0.6 is 11.8 Å². The fraction of sp³-hybridized carbons (Fsp3) is 0.500. The lowest BCUT2D eigenvalue weighted by atomic mass is 9.98. The third kappa shape index (κ3) is 5.00. The second-order valence-electron chi connectivity index (χ2n) is 6.89. The zero-order valence-corrected chi connectivity index (χ0v) is 16.2. The highest BCUT2D eigenvalue weighted by atomic mass is 32.2. The van der Waals surface area contributed by atoms with Crippen molar-refractivity contribution in [1.29, 1.82) is 0 Å². The molecular weight excluding hydrogens is 364 g/mol. The first-order valence-electron chi connectivity index (χ1n) is 9.08. The van der Waals surface area contributed by atoms with Gasteiger partial charge < -0.3 is 16.0 Å². The first-order valence-corrected chi connectivity index (χ1v) is 10.3. The maximum absolute atomic E-state index is 11.4. The monoisotopic (exact) mass is 390 g/mol. The summed E-state index contributed by atoms with van der Waals surface area (Å²) in [4.78, 5) is 16.4. The summed E-state index contributed by atoms with van der Waals surface area (Å²) in [5.41, 5.74) is 7.43. The Morgan fingerprint density at radius 1 is 1.41 bits per heavy atom. The lowest BCUT2D eigenvalue weighted by molar-refractivity contribution is -0.416. The highest BCUT2D eigenvalue weighted by Gasteiger charge is 2.34. The van der Waals surface area contributed by atoms with Crippen LogP contribution in [-0.2, 0) is 6.42 Å². The van der Waals surface area contributed by atoms with E-state index in [1.165, 1.54) is 6.21 Å². The summed E-state index contributed by atoms with van der Waals surface area (Å²) in [6.45, 7) is 2.63. The van der Waals surface area contributed by atoms with E-state index in [0.29, 0.717) is 24.7 Å². The van der Waals surface area contributed by atoms with Crippen molar-refractivity contribution in [3.05, 3.63) is 51.5 Å². The minimum Gasteiger partial charge on any atom is -0.366 e. The number of allylic oxidation sites excluding steroid dienone is 1. The predicted molar refractivity (Wildman–Crippen MR) is 108 cm³/mol. The van der Waals surface area contributed by atoms with Gasteiger partial charge >= 0.3 is 5.70 Å². The average Bonchev–Trinajstić information content (AvgIpc) is 2.67. The minimum absolute atomic E-state index is 0.0804. The van der Waals surface area contributed by atoms with Crippen molar-refractivity contribution in [2.45, 2.75) is 29.9 Å². The Labute approximate surface area is 163 Å². The van der Waals surface area contributed by atoms with Gasteiger partial charge in [-0.05, 0) is 49.7 Å². The largest absolute Gasteiger partial charge is 0.366 e. The smallest absolute Gasteiger partial charge is 0.326 e. The molecule has 2 heterocycles. The molecule has 0 spiro atoms. The second-order valence-corrected chi connectivity index (χ2v) is 7.74. The molecule has 2 aliphatic heterocycles. The number of piperidine rings is 1. The zero-order chi connectivity index (χ0) is 19.3. The van der Waals surface area contributed by atoms with Crippen molar-refractivity contribution < 1.29 is 4.92 Å². The normalized spacial score (nSPS) is 23.2. The molecule has 1 atom stereocenters. The molecule has 1 aromatic carbocycles. The lowest BCUT2D eigenvalue weighted by Crippen LogP contribution is -2.58. The van der Waals surface area contributed by atoms with Crippen LogP contribution in [0, 0.1) is 16.0 Å². The van der Waals surface area contributed by atoms with E-state index in [0.717, 1.165) is 36.4 Å². The van der Waals surface area contributed by atoms with E-state index in [1.54, 1.807) is 11.8 Å². The maximum atomic E-state index is 11.4. The summed E-state index contributed by atoms with van der Waals surface area (Å²) in [5, 5.41) is 21.0. The number of nitrogens with two attached hydrogens (primary N) is 1. The Kier molecular flexibility index (Phi) is 6.35. The quantitative estimate of drug-likeness (QED) is 0.315. The van der Waals surface area contributed by atoms with Crippen LogP contribution in [0.5, 0.6) is 0 Å². The summed E-state index contributed by atoms with van der Waals surface area (Å²) >= 11 is 1.64. The van der Waals surface area contributed by atoms with E-state index < -0.39 is 10.7 Å². The molecule has 8 nitrogen and oxygen atoms in total. The third-order valence-electron chi connectivity index (χ3n) is 4.89. The molecule has 0 aliphatic carbocycles. The average molecular weight is 391 g/mol. The number of thioether (sulfide) groups is 1. The summed E-state index contributed by atoms with van der Waals surface area (Å²) in [5.74, 6) is -0.295. The van der Waals surface area contributed by atoms with Crippen molar-refractivity contribution in [2.24, 2.45) is 16.6 Å². The predicted octanol–water partition coefficient (Wildman–Crippen LogP) is 1.27. The number of hydrogen-bond acceptors (Lipinski definition) is 8. The van der Waals surface area contributed by atoms with Gasteiger partial charge in [-0.25, -0.2) is 4.99 Å². The first-order chi connectivity index (χ1) is 13.0.